The molecular formula is C31H34ClN5O. The predicted octanol–water partition coefficient (Wildman–Crippen LogP) is 5.12. The molecule has 4 aromatic rings. The lowest BCUT2D eigenvalue weighted by Gasteiger charge is -2.39. The molecule has 1 aromatic heterocycles. The number of carbonyl (C=O) groups is 1. The summed E-state index contributed by atoms with van der Waals surface area (Å²) in [6.45, 7) is 6.04. The molecule has 1 N–H and O–H groups in total. The molecule has 0 aliphatic carbocycles. The van der Waals surface area contributed by atoms with Crippen molar-refractivity contribution in [2.45, 2.75) is 19.0 Å². The minimum absolute atomic E-state index is 0.0745. The minimum atomic E-state index is 0.0745. The van der Waals surface area contributed by atoms with Crippen molar-refractivity contribution < 1.29 is 4.79 Å². The molecule has 0 bridgehead atoms. The molecule has 7 heteroatoms. The minimum Gasteiger partial charge on any atom is -0.355 e. The van der Waals surface area contributed by atoms with Gasteiger partial charge in [-0.3, -0.25) is 14.6 Å². The van der Waals surface area contributed by atoms with Gasteiger partial charge in [-0.25, -0.2) is 4.98 Å². The summed E-state index contributed by atoms with van der Waals surface area (Å²) in [4.78, 5) is 21.9. The van der Waals surface area contributed by atoms with Crippen molar-refractivity contribution in [2.24, 2.45) is 0 Å². The van der Waals surface area contributed by atoms with Crippen LogP contribution in [-0.4, -0.2) is 64.5 Å². The molecule has 2 heterocycles. The van der Waals surface area contributed by atoms with Crippen LogP contribution < -0.4 is 5.32 Å². The maximum absolute atomic E-state index is 12.4. The average molecular weight is 528 g/mol. The van der Waals surface area contributed by atoms with Crippen LogP contribution in [0.2, 0.25) is 5.02 Å². The van der Waals surface area contributed by atoms with E-state index in [1.54, 1.807) is 6.33 Å². The largest absolute Gasteiger partial charge is 0.355 e. The number of rotatable bonds is 10. The molecule has 1 unspecified atom stereocenters. The molecule has 5 rings (SSSR count). The molecule has 38 heavy (non-hydrogen) atoms. The van der Waals surface area contributed by atoms with E-state index in [1.807, 2.05) is 53.2 Å². The number of carbonyl (C=O) groups excluding carboxylic acids is 1. The molecule has 0 saturated carbocycles. The Morgan fingerprint density at radius 2 is 1.50 bits per heavy atom. The van der Waals surface area contributed by atoms with Gasteiger partial charge in [0.2, 0.25) is 5.91 Å². The van der Waals surface area contributed by atoms with Crippen LogP contribution >= 0.6 is 11.6 Å². The lowest BCUT2D eigenvalue weighted by atomic mass is 9.96. The van der Waals surface area contributed by atoms with E-state index in [9.17, 15) is 4.79 Å². The molecule has 1 atom stereocenters. The Hall–Kier alpha value is -3.45. The SMILES string of the molecule is O=C(CCn1cnc(-c2ccccc2)c1)NCCN1CCN(C(c2ccccc2)c2ccc(Cl)cc2)CC1. The zero-order valence-electron chi connectivity index (χ0n) is 21.5. The van der Waals surface area contributed by atoms with E-state index in [4.69, 9.17) is 11.6 Å². The Labute approximate surface area is 229 Å². The van der Waals surface area contributed by atoms with Crippen LogP contribution in [0.5, 0.6) is 0 Å². The Bertz CT molecular complexity index is 1280. The number of nitrogens with one attached hydrogen (secondary N) is 1. The van der Waals surface area contributed by atoms with Crippen molar-refractivity contribution in [1.82, 2.24) is 24.7 Å². The zero-order chi connectivity index (χ0) is 26.2. The van der Waals surface area contributed by atoms with Gasteiger partial charge >= 0.3 is 0 Å². The molecule has 1 amide bonds. The zero-order valence-corrected chi connectivity index (χ0v) is 22.3. The van der Waals surface area contributed by atoms with Crippen LogP contribution in [0, 0.1) is 0 Å². The monoisotopic (exact) mass is 527 g/mol. The van der Waals surface area contributed by atoms with E-state index in [1.165, 1.54) is 11.1 Å². The number of aryl methyl sites for hydroxylation is 1. The van der Waals surface area contributed by atoms with E-state index in [0.29, 0.717) is 19.5 Å². The third-order valence-corrected chi connectivity index (χ3v) is 7.38. The van der Waals surface area contributed by atoms with Gasteiger partial charge in [-0.15, -0.1) is 0 Å². The van der Waals surface area contributed by atoms with Gasteiger partial charge in [0.1, 0.15) is 0 Å². The first-order valence-corrected chi connectivity index (χ1v) is 13.6. The molecule has 0 radical (unpaired) electrons. The fourth-order valence-electron chi connectivity index (χ4n) is 5.05. The van der Waals surface area contributed by atoms with E-state index in [0.717, 1.165) is 49.0 Å². The average Bonchev–Trinajstić information content (AvgIpc) is 3.44. The number of imidazole rings is 1. The highest BCUT2D eigenvalue weighted by Crippen LogP contribution is 2.30. The lowest BCUT2D eigenvalue weighted by molar-refractivity contribution is -0.121. The van der Waals surface area contributed by atoms with E-state index in [-0.39, 0.29) is 11.9 Å². The first-order valence-electron chi connectivity index (χ1n) is 13.3. The van der Waals surface area contributed by atoms with Crippen LogP contribution in [-0.2, 0) is 11.3 Å². The first kappa shape index (κ1) is 26.2. The number of aromatic nitrogens is 2. The third-order valence-electron chi connectivity index (χ3n) is 7.12. The fraction of sp³-hybridized carbons (Fsp3) is 0.290. The molecule has 1 saturated heterocycles. The predicted molar refractivity (Wildman–Crippen MR) is 153 cm³/mol. The second-order valence-corrected chi connectivity index (χ2v) is 10.1. The van der Waals surface area contributed by atoms with Crippen molar-refractivity contribution in [3.63, 3.8) is 0 Å². The molecule has 1 aliphatic heterocycles. The number of halogens is 1. The van der Waals surface area contributed by atoms with E-state index >= 15 is 0 Å². The molecule has 196 valence electrons. The molecule has 1 aliphatic rings. The summed E-state index contributed by atoms with van der Waals surface area (Å²) in [6, 6.07) is 29.2. The van der Waals surface area contributed by atoms with Crippen molar-refractivity contribution in [2.75, 3.05) is 39.3 Å². The van der Waals surface area contributed by atoms with Gasteiger partial charge in [-0.05, 0) is 23.3 Å². The Balaban J connectivity index is 1.06. The van der Waals surface area contributed by atoms with Gasteiger partial charge in [0.15, 0.2) is 0 Å². The van der Waals surface area contributed by atoms with Crippen LogP contribution in [0.25, 0.3) is 11.3 Å². The van der Waals surface area contributed by atoms with Gasteiger partial charge in [0, 0.05) is 69.0 Å². The molecule has 6 nitrogen and oxygen atoms in total. The van der Waals surface area contributed by atoms with Gasteiger partial charge in [-0.1, -0.05) is 84.4 Å². The third kappa shape index (κ3) is 6.90. The quantitative estimate of drug-likeness (QED) is 0.311. The smallest absolute Gasteiger partial charge is 0.221 e. The number of nitrogens with zero attached hydrogens (tertiary/aromatic N) is 4. The summed E-state index contributed by atoms with van der Waals surface area (Å²) in [7, 11) is 0. The topological polar surface area (TPSA) is 53.4 Å². The highest BCUT2D eigenvalue weighted by atomic mass is 35.5. The molecule has 1 fully saturated rings. The molecular weight excluding hydrogens is 494 g/mol. The molecule has 3 aromatic carbocycles. The second-order valence-electron chi connectivity index (χ2n) is 9.71. The number of hydrogen-bond donors (Lipinski definition) is 1. The summed E-state index contributed by atoms with van der Waals surface area (Å²) in [5.74, 6) is 0.0745. The lowest BCUT2D eigenvalue weighted by Crippen LogP contribution is -2.49. The second kappa shape index (κ2) is 12.9. The van der Waals surface area contributed by atoms with Gasteiger partial charge < -0.3 is 9.88 Å². The van der Waals surface area contributed by atoms with Crippen LogP contribution in [0.3, 0.4) is 0 Å². The standard InChI is InChI=1S/C31H34ClN5O/c32-28-13-11-27(12-14-28)31(26-9-5-2-6-10-26)37-21-19-35(20-22-37)18-16-33-30(38)15-17-36-23-29(34-24-36)25-7-3-1-4-8-25/h1-14,23-24,31H,15-22H2,(H,33,38). The summed E-state index contributed by atoms with van der Waals surface area (Å²) in [5, 5.41) is 3.85. The highest BCUT2D eigenvalue weighted by Gasteiger charge is 2.26. The highest BCUT2D eigenvalue weighted by molar-refractivity contribution is 6.30. The van der Waals surface area contributed by atoms with Gasteiger partial charge in [0.05, 0.1) is 18.1 Å². The first-order chi connectivity index (χ1) is 18.7. The maximum atomic E-state index is 12.4. The van der Waals surface area contributed by atoms with Gasteiger partial charge in [-0.2, -0.15) is 0 Å². The van der Waals surface area contributed by atoms with Gasteiger partial charge in [0.25, 0.3) is 0 Å². The fourth-order valence-corrected chi connectivity index (χ4v) is 5.18. The molecule has 0 spiro atoms. The van der Waals surface area contributed by atoms with Crippen LogP contribution in [0.15, 0.2) is 97.5 Å². The number of amides is 1. The van der Waals surface area contributed by atoms with Crippen molar-refractivity contribution in [1.29, 1.82) is 0 Å². The Morgan fingerprint density at radius 3 is 2.21 bits per heavy atom. The maximum Gasteiger partial charge on any atom is 0.221 e. The Morgan fingerprint density at radius 1 is 0.842 bits per heavy atom. The van der Waals surface area contributed by atoms with Crippen molar-refractivity contribution in [3.8, 4) is 11.3 Å². The van der Waals surface area contributed by atoms with Crippen LogP contribution in [0.1, 0.15) is 23.6 Å². The Kier molecular flexibility index (Phi) is 8.86. The van der Waals surface area contributed by atoms with Crippen molar-refractivity contribution in [3.05, 3.63) is 114 Å². The number of benzene rings is 3. The number of piperazine rings is 1. The summed E-state index contributed by atoms with van der Waals surface area (Å²) in [6.07, 6.45) is 4.23. The normalized spacial score (nSPS) is 15.3. The summed E-state index contributed by atoms with van der Waals surface area (Å²) < 4.78 is 1.98. The van der Waals surface area contributed by atoms with E-state index < -0.39 is 0 Å². The van der Waals surface area contributed by atoms with Crippen molar-refractivity contribution >= 4 is 17.5 Å². The summed E-state index contributed by atoms with van der Waals surface area (Å²) >= 11 is 6.16. The summed E-state index contributed by atoms with van der Waals surface area (Å²) in [5.41, 5.74) is 4.56. The van der Waals surface area contributed by atoms with E-state index in [2.05, 4.69) is 62.6 Å². The van der Waals surface area contributed by atoms with Crippen LogP contribution in [0.4, 0.5) is 0 Å². The number of hydrogen-bond acceptors (Lipinski definition) is 4.